The van der Waals surface area contributed by atoms with Gasteiger partial charge in [0.15, 0.2) is 0 Å². The molecule has 0 saturated carbocycles. The van der Waals surface area contributed by atoms with Crippen molar-refractivity contribution in [1.82, 2.24) is 10.2 Å². The highest BCUT2D eigenvalue weighted by Crippen LogP contribution is 2.30. The van der Waals surface area contributed by atoms with Gasteiger partial charge in [0, 0.05) is 16.1 Å². The highest BCUT2D eigenvalue weighted by molar-refractivity contribution is 7.18. The molecule has 1 N–H and O–H groups in total. The van der Waals surface area contributed by atoms with Gasteiger partial charge in [-0.25, -0.2) is 4.39 Å². The molecule has 4 aromatic rings. The molecule has 0 unspecified atom stereocenters. The van der Waals surface area contributed by atoms with Crippen LogP contribution in [0.4, 0.5) is 9.52 Å². The van der Waals surface area contributed by atoms with Crippen LogP contribution in [0.5, 0.6) is 11.5 Å². The maximum absolute atomic E-state index is 13.0. The van der Waals surface area contributed by atoms with Crippen LogP contribution in [0.1, 0.15) is 15.9 Å². The van der Waals surface area contributed by atoms with Gasteiger partial charge in [0.1, 0.15) is 22.3 Å². The lowest BCUT2D eigenvalue weighted by atomic mass is 10.2. The lowest BCUT2D eigenvalue weighted by molar-refractivity contribution is 0.102. The second-order valence-corrected chi connectivity index (χ2v) is 7.80. The number of amides is 1. The van der Waals surface area contributed by atoms with Gasteiger partial charge < -0.3 is 4.74 Å². The van der Waals surface area contributed by atoms with E-state index in [2.05, 4.69) is 15.5 Å². The number of nitrogens with one attached hydrogen (secondary N) is 1. The van der Waals surface area contributed by atoms with Crippen molar-refractivity contribution in [3.8, 4) is 22.1 Å². The molecule has 0 aliphatic rings. The fourth-order valence-electron chi connectivity index (χ4n) is 2.64. The molecule has 0 spiro atoms. The average molecular weight is 440 g/mol. The third-order valence-electron chi connectivity index (χ3n) is 4.22. The molecule has 0 bridgehead atoms. The topological polar surface area (TPSA) is 64.1 Å². The number of hydrogen-bond donors (Lipinski definition) is 1. The van der Waals surface area contributed by atoms with E-state index >= 15 is 0 Å². The Morgan fingerprint density at radius 3 is 2.40 bits per heavy atom. The number of anilines is 1. The first-order valence-electron chi connectivity index (χ1n) is 8.93. The van der Waals surface area contributed by atoms with Crippen LogP contribution in [0.3, 0.4) is 0 Å². The van der Waals surface area contributed by atoms with Crippen LogP contribution in [0.25, 0.3) is 10.6 Å². The number of ether oxygens (including phenoxy) is 1. The van der Waals surface area contributed by atoms with E-state index in [1.54, 1.807) is 6.07 Å². The predicted molar refractivity (Wildman–Crippen MR) is 116 cm³/mol. The van der Waals surface area contributed by atoms with E-state index in [9.17, 15) is 9.18 Å². The Labute approximate surface area is 181 Å². The molecule has 4 rings (SSSR count). The quantitative estimate of drug-likeness (QED) is 0.393. The van der Waals surface area contributed by atoms with Crippen molar-refractivity contribution in [3.05, 3.63) is 88.7 Å². The minimum Gasteiger partial charge on any atom is -0.457 e. The first-order chi connectivity index (χ1) is 14.5. The van der Waals surface area contributed by atoms with Crippen molar-refractivity contribution in [3.63, 3.8) is 0 Å². The third-order valence-corrected chi connectivity index (χ3v) is 5.53. The minimum absolute atomic E-state index is 0.340. The lowest BCUT2D eigenvalue weighted by Crippen LogP contribution is -2.11. The number of aromatic nitrogens is 2. The first-order valence-corrected chi connectivity index (χ1v) is 10.1. The zero-order chi connectivity index (χ0) is 21.1. The van der Waals surface area contributed by atoms with Crippen LogP contribution in [0, 0.1) is 12.7 Å². The standard InChI is InChI=1S/C22H15ClFN3O2S/c1-13-12-18(10-11-19(13)23)29-17-8-4-15(5-9-17)21-26-27-22(30-21)25-20(28)14-2-6-16(24)7-3-14/h2-12H,1H3,(H,25,27,28). The number of carbonyl (C=O) groups is 1. The summed E-state index contributed by atoms with van der Waals surface area (Å²) in [7, 11) is 0. The van der Waals surface area contributed by atoms with E-state index in [1.165, 1.54) is 35.6 Å². The molecule has 1 heterocycles. The van der Waals surface area contributed by atoms with Crippen molar-refractivity contribution in [2.24, 2.45) is 0 Å². The summed E-state index contributed by atoms with van der Waals surface area (Å²) in [5.41, 5.74) is 2.12. The van der Waals surface area contributed by atoms with Crippen molar-refractivity contribution in [1.29, 1.82) is 0 Å². The molecule has 1 aromatic heterocycles. The number of carbonyl (C=O) groups excluding carboxylic acids is 1. The van der Waals surface area contributed by atoms with E-state index < -0.39 is 5.82 Å². The Kier molecular flexibility index (Phi) is 5.74. The molecule has 3 aromatic carbocycles. The smallest absolute Gasteiger partial charge is 0.257 e. The van der Waals surface area contributed by atoms with E-state index in [4.69, 9.17) is 16.3 Å². The number of benzene rings is 3. The van der Waals surface area contributed by atoms with Crippen molar-refractivity contribution >= 4 is 34.0 Å². The molecule has 0 aliphatic carbocycles. The van der Waals surface area contributed by atoms with Gasteiger partial charge >= 0.3 is 0 Å². The van der Waals surface area contributed by atoms with Gasteiger partial charge in [0.25, 0.3) is 5.91 Å². The SMILES string of the molecule is Cc1cc(Oc2ccc(-c3nnc(NC(=O)c4ccc(F)cc4)s3)cc2)ccc1Cl. The second-order valence-electron chi connectivity index (χ2n) is 6.41. The maximum Gasteiger partial charge on any atom is 0.257 e. The zero-order valence-corrected chi connectivity index (χ0v) is 17.3. The number of halogens is 2. The van der Waals surface area contributed by atoms with Crippen LogP contribution in [-0.2, 0) is 0 Å². The van der Waals surface area contributed by atoms with Crippen LogP contribution < -0.4 is 10.1 Å². The molecule has 0 aliphatic heterocycles. The van der Waals surface area contributed by atoms with Crippen molar-refractivity contribution in [2.45, 2.75) is 6.92 Å². The number of hydrogen-bond acceptors (Lipinski definition) is 5. The van der Waals surface area contributed by atoms with Crippen LogP contribution in [0.2, 0.25) is 5.02 Å². The van der Waals surface area contributed by atoms with Gasteiger partial charge in [-0.05, 0) is 79.2 Å². The Morgan fingerprint density at radius 1 is 1.00 bits per heavy atom. The second kappa shape index (κ2) is 8.61. The molecule has 8 heteroatoms. The molecule has 1 amide bonds. The Hall–Kier alpha value is -3.29. The largest absolute Gasteiger partial charge is 0.457 e. The predicted octanol–water partition coefficient (Wildman–Crippen LogP) is 6.35. The van der Waals surface area contributed by atoms with E-state index in [0.717, 1.165) is 11.1 Å². The highest BCUT2D eigenvalue weighted by Gasteiger charge is 2.12. The van der Waals surface area contributed by atoms with E-state index in [0.29, 0.717) is 32.2 Å². The van der Waals surface area contributed by atoms with Crippen LogP contribution in [-0.4, -0.2) is 16.1 Å². The fraction of sp³-hybridized carbons (Fsp3) is 0.0455. The summed E-state index contributed by atoms with van der Waals surface area (Å²) in [5.74, 6) is 0.601. The van der Waals surface area contributed by atoms with Crippen molar-refractivity contribution in [2.75, 3.05) is 5.32 Å². The van der Waals surface area contributed by atoms with Gasteiger partial charge in [-0.2, -0.15) is 0 Å². The molecule has 0 fully saturated rings. The summed E-state index contributed by atoms with van der Waals surface area (Å²) in [5, 5.41) is 12.5. The minimum atomic E-state index is -0.400. The van der Waals surface area contributed by atoms with Gasteiger partial charge in [-0.1, -0.05) is 22.9 Å². The summed E-state index contributed by atoms with van der Waals surface area (Å²) in [6.45, 7) is 1.92. The average Bonchev–Trinajstić information content (AvgIpc) is 3.20. The zero-order valence-electron chi connectivity index (χ0n) is 15.7. The highest BCUT2D eigenvalue weighted by atomic mass is 35.5. The summed E-state index contributed by atoms with van der Waals surface area (Å²) in [6, 6.07) is 18.2. The van der Waals surface area contributed by atoms with Crippen LogP contribution in [0.15, 0.2) is 66.7 Å². The van der Waals surface area contributed by atoms with Crippen molar-refractivity contribution < 1.29 is 13.9 Å². The van der Waals surface area contributed by atoms with Gasteiger partial charge in [-0.3, -0.25) is 10.1 Å². The Morgan fingerprint density at radius 2 is 1.70 bits per heavy atom. The number of nitrogens with zero attached hydrogens (tertiary/aromatic N) is 2. The van der Waals surface area contributed by atoms with E-state index in [1.807, 2.05) is 43.3 Å². The van der Waals surface area contributed by atoms with Gasteiger partial charge in [0.2, 0.25) is 5.13 Å². The number of aryl methyl sites for hydroxylation is 1. The normalized spacial score (nSPS) is 10.6. The summed E-state index contributed by atoms with van der Waals surface area (Å²) >= 11 is 7.28. The molecule has 30 heavy (non-hydrogen) atoms. The monoisotopic (exact) mass is 439 g/mol. The summed E-state index contributed by atoms with van der Waals surface area (Å²) < 4.78 is 18.8. The fourth-order valence-corrected chi connectivity index (χ4v) is 3.50. The Bertz CT molecular complexity index is 1190. The molecule has 0 saturated heterocycles. The Balaban J connectivity index is 1.43. The first kappa shape index (κ1) is 20.0. The van der Waals surface area contributed by atoms with Gasteiger partial charge in [0.05, 0.1) is 0 Å². The van der Waals surface area contributed by atoms with Gasteiger partial charge in [-0.15, -0.1) is 10.2 Å². The van der Waals surface area contributed by atoms with E-state index in [-0.39, 0.29) is 5.91 Å². The summed E-state index contributed by atoms with van der Waals surface area (Å²) in [4.78, 5) is 12.2. The molecule has 5 nitrogen and oxygen atoms in total. The third kappa shape index (κ3) is 4.64. The molecule has 0 atom stereocenters. The number of rotatable bonds is 5. The van der Waals surface area contributed by atoms with Crippen LogP contribution >= 0.6 is 22.9 Å². The molecule has 150 valence electrons. The molecule has 0 radical (unpaired) electrons. The summed E-state index contributed by atoms with van der Waals surface area (Å²) in [6.07, 6.45) is 0. The lowest BCUT2D eigenvalue weighted by Gasteiger charge is -2.07. The molecular weight excluding hydrogens is 425 g/mol. The maximum atomic E-state index is 13.0. The molecular formula is C22H15ClFN3O2S.